The van der Waals surface area contributed by atoms with Crippen LogP contribution in [0.4, 0.5) is 5.69 Å². The van der Waals surface area contributed by atoms with Crippen LogP contribution in [0.1, 0.15) is 43.2 Å². The number of nitrogens with one attached hydrogen (secondary N) is 1. The molecule has 2 fully saturated rings. The van der Waals surface area contributed by atoms with E-state index in [4.69, 9.17) is 0 Å². The first-order valence-electron chi connectivity index (χ1n) is 8.26. The third-order valence-electron chi connectivity index (χ3n) is 6.40. The maximum absolute atomic E-state index is 3.34. The molecule has 0 amide bonds. The van der Waals surface area contributed by atoms with Crippen LogP contribution in [0.5, 0.6) is 0 Å². The highest BCUT2D eigenvalue weighted by Crippen LogP contribution is 2.55. The maximum atomic E-state index is 3.34. The highest BCUT2D eigenvalue weighted by Gasteiger charge is 2.52. The number of nitrogens with zero attached hydrogens (tertiary/aromatic N) is 1. The molecule has 2 bridgehead atoms. The van der Waals surface area contributed by atoms with Gasteiger partial charge in [0.05, 0.1) is 0 Å². The van der Waals surface area contributed by atoms with Gasteiger partial charge in [-0.15, -0.1) is 0 Å². The van der Waals surface area contributed by atoms with Gasteiger partial charge in [-0.1, -0.05) is 18.9 Å². The Morgan fingerprint density at radius 1 is 1.25 bits per heavy atom. The standard InChI is InChI=1S/C18H26N2/c1-19-14-7-6-13-11-17-15-5-3-4-8-18(15,16(13)12-14)9-10-20(17)2/h6-7,12,15,17,19H,3-5,8-11H2,1-2H3. The zero-order valence-electron chi connectivity index (χ0n) is 12.8. The van der Waals surface area contributed by atoms with Crippen molar-refractivity contribution in [1.82, 2.24) is 4.90 Å². The van der Waals surface area contributed by atoms with Gasteiger partial charge in [-0.05, 0) is 68.5 Å². The first-order chi connectivity index (χ1) is 9.74. The summed E-state index contributed by atoms with van der Waals surface area (Å²) in [5.41, 5.74) is 5.10. The Morgan fingerprint density at radius 2 is 2.15 bits per heavy atom. The lowest BCUT2D eigenvalue weighted by Crippen LogP contribution is -2.59. The van der Waals surface area contributed by atoms with Crippen LogP contribution in [0.25, 0.3) is 0 Å². The van der Waals surface area contributed by atoms with Gasteiger partial charge < -0.3 is 10.2 Å². The summed E-state index contributed by atoms with van der Waals surface area (Å²) in [6, 6.07) is 7.90. The van der Waals surface area contributed by atoms with Crippen LogP contribution in [0.3, 0.4) is 0 Å². The van der Waals surface area contributed by atoms with E-state index in [0.717, 1.165) is 12.0 Å². The molecule has 0 radical (unpaired) electrons. The van der Waals surface area contributed by atoms with Gasteiger partial charge in [0.15, 0.2) is 0 Å². The number of fused-ring (bicyclic) bond motifs is 1. The van der Waals surface area contributed by atoms with Gasteiger partial charge in [-0.3, -0.25) is 0 Å². The second kappa shape index (κ2) is 4.49. The first kappa shape index (κ1) is 12.7. The number of piperidine rings is 1. The highest BCUT2D eigenvalue weighted by atomic mass is 15.1. The summed E-state index contributed by atoms with van der Waals surface area (Å²) in [4.78, 5) is 2.64. The van der Waals surface area contributed by atoms with Crippen molar-refractivity contribution in [2.75, 3.05) is 26.0 Å². The van der Waals surface area contributed by atoms with Crippen LogP contribution in [0.2, 0.25) is 0 Å². The first-order valence-corrected chi connectivity index (χ1v) is 8.26. The number of likely N-dealkylation sites (tertiary alicyclic amines) is 1. The lowest BCUT2D eigenvalue weighted by molar-refractivity contribution is 0.00290. The molecule has 2 aliphatic carbocycles. The second-order valence-electron chi connectivity index (χ2n) is 7.13. The molecule has 1 N–H and O–H groups in total. The molecule has 1 aromatic rings. The predicted molar refractivity (Wildman–Crippen MR) is 84.4 cm³/mol. The molecule has 1 saturated heterocycles. The summed E-state index contributed by atoms with van der Waals surface area (Å²) in [6.07, 6.45) is 8.36. The second-order valence-corrected chi connectivity index (χ2v) is 7.13. The monoisotopic (exact) mass is 270 g/mol. The minimum Gasteiger partial charge on any atom is -0.388 e. The van der Waals surface area contributed by atoms with E-state index in [1.165, 1.54) is 50.8 Å². The smallest absolute Gasteiger partial charge is 0.0340 e. The van der Waals surface area contributed by atoms with Crippen molar-refractivity contribution in [3.8, 4) is 0 Å². The Kier molecular flexibility index (Phi) is 2.85. The summed E-state index contributed by atoms with van der Waals surface area (Å²) < 4.78 is 0. The number of anilines is 1. The van der Waals surface area contributed by atoms with E-state index >= 15 is 0 Å². The van der Waals surface area contributed by atoms with Gasteiger partial charge in [0, 0.05) is 24.2 Å². The van der Waals surface area contributed by atoms with Gasteiger partial charge in [-0.25, -0.2) is 0 Å². The SMILES string of the molecule is CNc1ccc2c(c1)C13CCCCC1C(C2)N(C)CC3. The summed E-state index contributed by atoms with van der Waals surface area (Å²) in [6.45, 7) is 1.28. The molecule has 2 heteroatoms. The van der Waals surface area contributed by atoms with Crippen molar-refractivity contribution >= 4 is 5.69 Å². The molecule has 0 aromatic heterocycles. The Labute approximate surface area is 122 Å². The molecule has 20 heavy (non-hydrogen) atoms. The minimum absolute atomic E-state index is 0.496. The lowest BCUT2D eigenvalue weighted by Gasteiger charge is -2.58. The topological polar surface area (TPSA) is 15.3 Å². The van der Waals surface area contributed by atoms with Crippen LogP contribution >= 0.6 is 0 Å². The van der Waals surface area contributed by atoms with E-state index in [2.05, 4.69) is 35.5 Å². The molecule has 4 rings (SSSR count). The van der Waals surface area contributed by atoms with Crippen LogP contribution in [-0.2, 0) is 11.8 Å². The number of hydrogen-bond acceptors (Lipinski definition) is 2. The van der Waals surface area contributed by atoms with Gasteiger partial charge in [0.2, 0.25) is 0 Å². The van der Waals surface area contributed by atoms with Crippen molar-refractivity contribution in [2.45, 2.75) is 50.0 Å². The van der Waals surface area contributed by atoms with Crippen LogP contribution in [0.15, 0.2) is 18.2 Å². The molecule has 1 aromatic carbocycles. The number of likely N-dealkylation sites (N-methyl/N-ethyl adjacent to an activating group) is 1. The Morgan fingerprint density at radius 3 is 3.00 bits per heavy atom. The lowest BCUT2D eigenvalue weighted by atomic mass is 9.52. The molecule has 0 spiro atoms. The third-order valence-corrected chi connectivity index (χ3v) is 6.40. The predicted octanol–water partition coefficient (Wildman–Crippen LogP) is 3.42. The van der Waals surface area contributed by atoms with Crippen molar-refractivity contribution in [2.24, 2.45) is 5.92 Å². The average molecular weight is 270 g/mol. The quantitative estimate of drug-likeness (QED) is 0.841. The average Bonchev–Trinajstić information content (AvgIpc) is 2.50. The van der Waals surface area contributed by atoms with Crippen molar-refractivity contribution in [1.29, 1.82) is 0 Å². The molecular weight excluding hydrogens is 244 g/mol. The van der Waals surface area contributed by atoms with E-state index in [-0.39, 0.29) is 0 Å². The molecule has 1 saturated carbocycles. The molecule has 2 nitrogen and oxygen atoms in total. The molecule has 3 aliphatic rings. The highest BCUT2D eigenvalue weighted by molar-refractivity contribution is 5.53. The normalized spacial score (nSPS) is 36.1. The summed E-state index contributed by atoms with van der Waals surface area (Å²) in [7, 11) is 4.38. The molecule has 108 valence electrons. The largest absolute Gasteiger partial charge is 0.388 e. The molecule has 1 aliphatic heterocycles. The minimum atomic E-state index is 0.496. The van der Waals surface area contributed by atoms with Gasteiger partial charge in [-0.2, -0.15) is 0 Å². The van der Waals surface area contributed by atoms with E-state index in [1.807, 2.05) is 7.05 Å². The van der Waals surface area contributed by atoms with Crippen molar-refractivity contribution in [3.63, 3.8) is 0 Å². The Balaban J connectivity index is 1.88. The number of benzene rings is 1. The molecule has 3 atom stereocenters. The summed E-state index contributed by atoms with van der Waals surface area (Å²) in [5.74, 6) is 0.898. The van der Waals surface area contributed by atoms with E-state index in [1.54, 1.807) is 11.1 Å². The fraction of sp³-hybridized carbons (Fsp3) is 0.667. The Hall–Kier alpha value is -1.02. The fourth-order valence-corrected chi connectivity index (χ4v) is 5.35. The van der Waals surface area contributed by atoms with E-state index < -0.39 is 0 Å². The van der Waals surface area contributed by atoms with Crippen molar-refractivity contribution in [3.05, 3.63) is 29.3 Å². The summed E-state index contributed by atoms with van der Waals surface area (Å²) >= 11 is 0. The maximum Gasteiger partial charge on any atom is 0.0340 e. The van der Waals surface area contributed by atoms with Gasteiger partial charge in [0.1, 0.15) is 0 Å². The van der Waals surface area contributed by atoms with Crippen LogP contribution in [-0.4, -0.2) is 31.6 Å². The van der Waals surface area contributed by atoms with Crippen LogP contribution < -0.4 is 5.32 Å². The third kappa shape index (κ3) is 1.60. The number of rotatable bonds is 1. The zero-order chi connectivity index (χ0) is 13.7. The van der Waals surface area contributed by atoms with Crippen molar-refractivity contribution < 1.29 is 0 Å². The molecular formula is C18H26N2. The number of hydrogen-bond donors (Lipinski definition) is 1. The summed E-state index contributed by atoms with van der Waals surface area (Å²) in [5, 5.41) is 3.34. The van der Waals surface area contributed by atoms with Gasteiger partial charge >= 0.3 is 0 Å². The van der Waals surface area contributed by atoms with E-state index in [9.17, 15) is 0 Å². The molecule has 3 unspecified atom stereocenters. The zero-order valence-corrected chi connectivity index (χ0v) is 12.8. The van der Waals surface area contributed by atoms with Gasteiger partial charge in [0.25, 0.3) is 0 Å². The Bertz CT molecular complexity index is 524. The van der Waals surface area contributed by atoms with Crippen LogP contribution in [0, 0.1) is 5.92 Å². The van der Waals surface area contributed by atoms with E-state index in [0.29, 0.717) is 5.41 Å². The fourth-order valence-electron chi connectivity index (χ4n) is 5.35. The molecule has 1 heterocycles.